The highest BCUT2D eigenvalue weighted by molar-refractivity contribution is 7.92. The number of amidine groups is 1. The number of hydrogen-bond donors (Lipinski definition) is 3. The van der Waals surface area contributed by atoms with E-state index >= 15 is 0 Å². The van der Waals surface area contributed by atoms with E-state index in [1.165, 1.54) is 11.1 Å². The van der Waals surface area contributed by atoms with Crippen molar-refractivity contribution in [2.24, 2.45) is 4.99 Å². The molecule has 3 aromatic rings. The highest BCUT2D eigenvalue weighted by Crippen LogP contribution is 2.24. The van der Waals surface area contributed by atoms with Crippen LogP contribution in [0.3, 0.4) is 0 Å². The number of hydrogen-bond acceptors (Lipinski definition) is 6. The predicted molar refractivity (Wildman–Crippen MR) is 136 cm³/mol. The Morgan fingerprint density at radius 1 is 0.971 bits per heavy atom. The first-order valence-corrected chi connectivity index (χ1v) is 12.4. The molecule has 0 saturated heterocycles. The molecule has 0 unspecified atom stereocenters. The van der Waals surface area contributed by atoms with Crippen molar-refractivity contribution in [3.8, 4) is 0 Å². The topological polar surface area (TPSA) is 120 Å². The van der Waals surface area contributed by atoms with Crippen LogP contribution in [0.15, 0.2) is 82.7 Å². The normalized spacial score (nSPS) is 15.7. The number of rotatable bonds is 6. The molecule has 35 heavy (non-hydrogen) atoms. The number of aryl methyl sites for hydroxylation is 2. The van der Waals surface area contributed by atoms with E-state index in [0.717, 1.165) is 5.56 Å². The van der Waals surface area contributed by atoms with Crippen molar-refractivity contribution >= 4 is 44.7 Å². The van der Waals surface area contributed by atoms with E-state index in [0.29, 0.717) is 16.9 Å². The molecule has 0 spiro atoms. The fraction of sp³-hybridized carbons (Fsp3) is 0.160. The zero-order chi connectivity index (χ0) is 25.2. The Labute approximate surface area is 203 Å². The molecule has 1 heterocycles. The van der Waals surface area contributed by atoms with Gasteiger partial charge in [0.25, 0.3) is 21.8 Å². The highest BCUT2D eigenvalue weighted by Gasteiger charge is 2.31. The van der Waals surface area contributed by atoms with E-state index < -0.39 is 22.0 Å². The van der Waals surface area contributed by atoms with Gasteiger partial charge in [-0.05, 0) is 68.3 Å². The number of benzene rings is 3. The molecule has 1 atom stereocenters. The molecule has 0 radical (unpaired) electrons. The second-order valence-corrected chi connectivity index (χ2v) is 9.83. The van der Waals surface area contributed by atoms with Gasteiger partial charge in [0.05, 0.1) is 10.6 Å². The molecule has 2 amide bonds. The Bertz CT molecular complexity index is 1420. The van der Waals surface area contributed by atoms with Gasteiger partial charge in [-0.1, -0.05) is 36.4 Å². The maximum absolute atomic E-state index is 13.0. The molecular weight excluding hydrogens is 466 g/mol. The summed E-state index contributed by atoms with van der Waals surface area (Å²) >= 11 is 0. The molecule has 4 rings (SSSR count). The van der Waals surface area contributed by atoms with Crippen LogP contribution in [0.2, 0.25) is 0 Å². The van der Waals surface area contributed by atoms with Gasteiger partial charge in [-0.3, -0.25) is 19.7 Å². The zero-order valence-electron chi connectivity index (χ0n) is 19.4. The molecule has 10 heteroatoms. The van der Waals surface area contributed by atoms with Crippen LogP contribution < -0.4 is 20.5 Å². The molecule has 0 aliphatic carbocycles. The van der Waals surface area contributed by atoms with Gasteiger partial charge in [0.15, 0.2) is 0 Å². The first kappa shape index (κ1) is 24.0. The summed E-state index contributed by atoms with van der Waals surface area (Å²) in [5, 5.41) is 3.94. The van der Waals surface area contributed by atoms with Crippen molar-refractivity contribution in [1.82, 2.24) is 5.43 Å². The zero-order valence-corrected chi connectivity index (χ0v) is 20.3. The number of sulfonamides is 1. The van der Waals surface area contributed by atoms with Crippen LogP contribution in [0, 0.1) is 13.8 Å². The average molecular weight is 492 g/mol. The number of nitrogens with one attached hydrogen (secondary N) is 3. The van der Waals surface area contributed by atoms with E-state index in [-0.39, 0.29) is 22.3 Å². The first-order valence-electron chi connectivity index (χ1n) is 10.9. The van der Waals surface area contributed by atoms with Gasteiger partial charge in [0.2, 0.25) is 5.84 Å². The first-order chi connectivity index (χ1) is 16.6. The van der Waals surface area contributed by atoms with E-state index in [9.17, 15) is 18.0 Å². The number of amides is 2. The van der Waals surface area contributed by atoms with Gasteiger partial charge in [-0.2, -0.15) is 0 Å². The Balaban J connectivity index is 1.56. The van der Waals surface area contributed by atoms with Gasteiger partial charge in [0.1, 0.15) is 6.04 Å². The Hall–Kier alpha value is -4.18. The number of carbonyl (C=O) groups is 2. The van der Waals surface area contributed by atoms with Crippen LogP contribution >= 0.6 is 0 Å². The monoisotopic (exact) mass is 491 g/mol. The predicted octanol–water partition coefficient (Wildman–Crippen LogP) is 3.38. The molecule has 0 saturated carbocycles. The molecule has 1 aliphatic rings. The number of nitrogens with zero attached hydrogens (tertiary/aromatic N) is 2. The summed E-state index contributed by atoms with van der Waals surface area (Å²) < 4.78 is 28.7. The maximum Gasteiger partial charge on any atom is 0.292 e. The fourth-order valence-corrected chi connectivity index (χ4v) is 4.90. The van der Waals surface area contributed by atoms with Crippen molar-refractivity contribution in [2.45, 2.75) is 31.7 Å². The summed E-state index contributed by atoms with van der Waals surface area (Å²) in [6.45, 7) is 5.14. The lowest BCUT2D eigenvalue weighted by Crippen LogP contribution is -2.57. The minimum atomic E-state index is -3.90. The quantitative estimate of drug-likeness (QED) is 0.488. The van der Waals surface area contributed by atoms with E-state index in [1.54, 1.807) is 68.4 Å². The van der Waals surface area contributed by atoms with Crippen LogP contribution in [0.5, 0.6) is 0 Å². The summed E-state index contributed by atoms with van der Waals surface area (Å²) in [6, 6.07) is 19.7. The average Bonchev–Trinajstić information content (AvgIpc) is 2.82. The van der Waals surface area contributed by atoms with Crippen molar-refractivity contribution in [2.75, 3.05) is 15.0 Å². The molecule has 180 valence electrons. The van der Waals surface area contributed by atoms with E-state index in [4.69, 9.17) is 0 Å². The van der Waals surface area contributed by atoms with Crippen molar-refractivity contribution in [3.63, 3.8) is 0 Å². The smallest absolute Gasteiger partial charge is 0.292 e. The highest BCUT2D eigenvalue weighted by atomic mass is 32.2. The third-order valence-electron chi connectivity index (χ3n) is 5.35. The van der Waals surface area contributed by atoms with Crippen molar-refractivity contribution in [3.05, 3.63) is 83.9 Å². The lowest BCUT2D eigenvalue weighted by atomic mass is 10.2. The lowest BCUT2D eigenvalue weighted by Gasteiger charge is -2.30. The Morgan fingerprint density at radius 3 is 2.43 bits per heavy atom. The molecule has 0 aromatic heterocycles. The van der Waals surface area contributed by atoms with Gasteiger partial charge in [0, 0.05) is 11.4 Å². The van der Waals surface area contributed by atoms with Crippen LogP contribution in [0.1, 0.15) is 18.1 Å². The molecular formula is C25H25N5O4S. The number of hydrazine groups is 1. The van der Waals surface area contributed by atoms with Crippen molar-refractivity contribution in [1.29, 1.82) is 0 Å². The van der Waals surface area contributed by atoms with Crippen LogP contribution in [0.25, 0.3) is 0 Å². The molecule has 9 nitrogen and oxygen atoms in total. The maximum atomic E-state index is 13.0. The largest absolute Gasteiger partial charge is 0.319 e. The number of anilines is 3. The summed E-state index contributed by atoms with van der Waals surface area (Å²) in [5.74, 6) is -0.980. The molecule has 0 bridgehead atoms. The molecule has 3 aromatic carbocycles. The second kappa shape index (κ2) is 9.59. The second-order valence-electron chi connectivity index (χ2n) is 8.18. The summed E-state index contributed by atoms with van der Waals surface area (Å²) in [6.07, 6.45) is 0. The molecule has 0 fully saturated rings. The standard InChI is InChI=1S/C25H25N5O4S/c1-16-8-7-9-20(14-16)29-35(33,34)22-15-19(13-12-17(22)2)27-24(31)23-26-18(3)25(32)30(28-23)21-10-5-4-6-11-21/h4-15,18,29H,1-3H3,(H,26,28)(H,27,31)/t18-/m1/s1. The van der Waals surface area contributed by atoms with E-state index in [1.807, 2.05) is 19.1 Å². The number of para-hydroxylation sites is 1. The third kappa shape index (κ3) is 5.33. The van der Waals surface area contributed by atoms with Gasteiger partial charge >= 0.3 is 0 Å². The van der Waals surface area contributed by atoms with Crippen LogP contribution in [0.4, 0.5) is 17.1 Å². The van der Waals surface area contributed by atoms with Gasteiger partial charge in [-0.25, -0.2) is 18.4 Å². The number of aliphatic imine (C=N–C) groups is 1. The van der Waals surface area contributed by atoms with Gasteiger partial charge in [-0.15, -0.1) is 0 Å². The Morgan fingerprint density at radius 2 is 1.71 bits per heavy atom. The van der Waals surface area contributed by atoms with Crippen molar-refractivity contribution < 1.29 is 18.0 Å². The van der Waals surface area contributed by atoms with Crippen LogP contribution in [-0.4, -0.2) is 32.1 Å². The molecule has 1 aliphatic heterocycles. The third-order valence-corrected chi connectivity index (χ3v) is 6.88. The summed E-state index contributed by atoms with van der Waals surface area (Å²) in [5.41, 5.74) is 5.47. The molecule has 3 N–H and O–H groups in total. The minimum absolute atomic E-state index is 0.0322. The van der Waals surface area contributed by atoms with Crippen LogP contribution in [-0.2, 0) is 19.6 Å². The number of carbonyl (C=O) groups excluding carboxylic acids is 2. The fourth-order valence-electron chi connectivity index (χ4n) is 3.58. The Kier molecular flexibility index (Phi) is 6.57. The lowest BCUT2D eigenvalue weighted by molar-refractivity contribution is -0.120. The SMILES string of the molecule is Cc1cccc(NS(=O)(=O)c2cc(NC(=O)C3=N[C@H](C)C(=O)N(c4ccccc4)N3)ccc2C)c1. The van der Waals surface area contributed by atoms with Gasteiger partial charge < -0.3 is 5.32 Å². The summed E-state index contributed by atoms with van der Waals surface area (Å²) in [4.78, 5) is 29.7. The minimum Gasteiger partial charge on any atom is -0.319 e. The van der Waals surface area contributed by atoms with E-state index in [2.05, 4.69) is 20.5 Å². The summed E-state index contributed by atoms with van der Waals surface area (Å²) in [7, 11) is -3.90.